The molecular weight excluding hydrogens is 268 g/mol. The molecule has 5 nitrogen and oxygen atoms in total. The largest absolute Gasteiger partial charge is 0.481 e. The van der Waals surface area contributed by atoms with E-state index in [4.69, 9.17) is 4.74 Å². The first-order chi connectivity index (χ1) is 10.2. The monoisotopic (exact) mass is 286 g/mol. The van der Waals surface area contributed by atoms with Gasteiger partial charge in [-0.25, -0.2) is 4.68 Å². The summed E-state index contributed by atoms with van der Waals surface area (Å²) < 4.78 is 7.17. The molecule has 0 radical (unpaired) electrons. The first kappa shape index (κ1) is 13.8. The lowest BCUT2D eigenvalue weighted by molar-refractivity contribution is -0.157. The van der Waals surface area contributed by atoms with Crippen LogP contribution in [0.15, 0.2) is 42.6 Å². The van der Waals surface area contributed by atoms with Crippen LogP contribution in [0.5, 0.6) is 0 Å². The minimum Gasteiger partial charge on any atom is -0.481 e. The van der Waals surface area contributed by atoms with E-state index in [1.54, 1.807) is 4.68 Å². The number of carboxylic acids is 1. The highest BCUT2D eigenvalue weighted by Crippen LogP contribution is 2.32. The first-order valence-electron chi connectivity index (χ1n) is 7.11. The third kappa shape index (κ3) is 2.83. The Morgan fingerprint density at radius 1 is 1.33 bits per heavy atom. The Hall–Kier alpha value is -2.14. The van der Waals surface area contributed by atoms with Gasteiger partial charge in [-0.1, -0.05) is 18.2 Å². The number of benzene rings is 1. The van der Waals surface area contributed by atoms with Crippen LogP contribution in [0.1, 0.15) is 18.5 Å². The third-order valence-corrected chi connectivity index (χ3v) is 3.96. The highest BCUT2D eigenvalue weighted by Gasteiger charge is 2.41. The van der Waals surface area contributed by atoms with Crippen LogP contribution in [0.4, 0.5) is 0 Å². The fraction of sp³-hybridized carbons (Fsp3) is 0.375. The van der Waals surface area contributed by atoms with Crippen molar-refractivity contribution in [2.24, 2.45) is 5.41 Å². The fourth-order valence-electron chi connectivity index (χ4n) is 2.76. The molecule has 0 spiro atoms. The predicted octanol–water partition coefficient (Wildman–Crippen LogP) is 2.30. The molecule has 3 rings (SSSR count). The van der Waals surface area contributed by atoms with E-state index in [1.165, 1.54) is 0 Å². The Morgan fingerprint density at radius 3 is 2.81 bits per heavy atom. The number of hydrogen-bond acceptors (Lipinski definition) is 3. The Morgan fingerprint density at radius 2 is 2.14 bits per heavy atom. The average Bonchev–Trinajstić information content (AvgIpc) is 2.97. The maximum atomic E-state index is 11.6. The van der Waals surface area contributed by atoms with Crippen molar-refractivity contribution < 1.29 is 14.6 Å². The van der Waals surface area contributed by atoms with Gasteiger partial charge in [0.1, 0.15) is 0 Å². The summed E-state index contributed by atoms with van der Waals surface area (Å²) in [4.78, 5) is 11.6. The Bertz CT molecular complexity index is 615. The van der Waals surface area contributed by atoms with Gasteiger partial charge in [0.05, 0.1) is 23.4 Å². The van der Waals surface area contributed by atoms with Crippen LogP contribution >= 0.6 is 0 Å². The summed E-state index contributed by atoms with van der Waals surface area (Å²) in [6.45, 7) is 0.911. The van der Waals surface area contributed by atoms with Crippen LogP contribution in [-0.4, -0.2) is 34.1 Å². The molecule has 1 N–H and O–H groups in total. The van der Waals surface area contributed by atoms with Crippen molar-refractivity contribution in [1.29, 1.82) is 0 Å². The minimum absolute atomic E-state index is 0.264. The molecule has 0 aliphatic carbocycles. The molecule has 1 fully saturated rings. The van der Waals surface area contributed by atoms with E-state index in [-0.39, 0.29) is 6.61 Å². The van der Waals surface area contributed by atoms with E-state index in [9.17, 15) is 9.90 Å². The SMILES string of the molecule is O=C(O)C1(Cc2ccn(-c3ccccc3)n2)CCCOC1. The van der Waals surface area contributed by atoms with Crippen molar-refractivity contribution in [1.82, 2.24) is 9.78 Å². The number of nitrogens with zero attached hydrogens (tertiary/aromatic N) is 2. The molecule has 1 unspecified atom stereocenters. The summed E-state index contributed by atoms with van der Waals surface area (Å²) in [6, 6.07) is 11.7. The summed E-state index contributed by atoms with van der Waals surface area (Å²) in [5.41, 5.74) is 0.911. The Balaban J connectivity index is 1.81. The smallest absolute Gasteiger partial charge is 0.312 e. The molecule has 2 heterocycles. The molecule has 1 atom stereocenters. The second-order valence-electron chi connectivity index (χ2n) is 5.51. The number of aliphatic carboxylic acids is 1. The lowest BCUT2D eigenvalue weighted by Crippen LogP contribution is -2.41. The van der Waals surface area contributed by atoms with E-state index in [1.807, 2.05) is 42.6 Å². The Kier molecular flexibility index (Phi) is 3.75. The normalized spacial score (nSPS) is 22.1. The van der Waals surface area contributed by atoms with Gasteiger partial charge in [-0.15, -0.1) is 0 Å². The van der Waals surface area contributed by atoms with Crippen molar-refractivity contribution in [2.75, 3.05) is 13.2 Å². The zero-order valence-electron chi connectivity index (χ0n) is 11.7. The number of hydrogen-bond donors (Lipinski definition) is 1. The predicted molar refractivity (Wildman–Crippen MR) is 77.4 cm³/mol. The topological polar surface area (TPSA) is 64.3 Å². The summed E-state index contributed by atoms with van der Waals surface area (Å²) in [7, 11) is 0. The van der Waals surface area contributed by atoms with Gasteiger partial charge in [-0.3, -0.25) is 4.79 Å². The van der Waals surface area contributed by atoms with E-state index >= 15 is 0 Å². The summed E-state index contributed by atoms with van der Waals surface area (Å²) >= 11 is 0. The molecule has 0 saturated carbocycles. The van der Waals surface area contributed by atoms with Crippen molar-refractivity contribution in [3.63, 3.8) is 0 Å². The quantitative estimate of drug-likeness (QED) is 0.936. The van der Waals surface area contributed by atoms with Crippen LogP contribution in [0.2, 0.25) is 0 Å². The molecule has 2 aromatic rings. The van der Waals surface area contributed by atoms with Gasteiger partial charge < -0.3 is 9.84 Å². The minimum atomic E-state index is -0.839. The second kappa shape index (κ2) is 5.69. The highest BCUT2D eigenvalue weighted by atomic mass is 16.5. The molecule has 0 amide bonds. The second-order valence-corrected chi connectivity index (χ2v) is 5.51. The molecule has 21 heavy (non-hydrogen) atoms. The molecule has 0 bridgehead atoms. The van der Waals surface area contributed by atoms with Gasteiger partial charge in [-0.05, 0) is 31.0 Å². The molecule has 1 aromatic heterocycles. The summed E-state index contributed by atoms with van der Waals surface area (Å²) in [5.74, 6) is -0.795. The summed E-state index contributed by atoms with van der Waals surface area (Å²) in [6.07, 6.45) is 3.69. The lowest BCUT2D eigenvalue weighted by Gasteiger charge is -2.32. The lowest BCUT2D eigenvalue weighted by atomic mass is 9.78. The van der Waals surface area contributed by atoms with Crippen molar-refractivity contribution in [3.8, 4) is 5.69 Å². The molecule has 110 valence electrons. The average molecular weight is 286 g/mol. The van der Waals surface area contributed by atoms with Crippen LogP contribution in [0.3, 0.4) is 0 Å². The standard InChI is InChI=1S/C16H18N2O3/c19-15(20)16(8-4-10-21-12-16)11-13-7-9-18(17-13)14-5-2-1-3-6-14/h1-3,5-7,9H,4,8,10-12H2,(H,19,20). The highest BCUT2D eigenvalue weighted by molar-refractivity contribution is 5.75. The van der Waals surface area contributed by atoms with Gasteiger partial charge in [0.2, 0.25) is 0 Å². The van der Waals surface area contributed by atoms with Gasteiger partial charge in [0.15, 0.2) is 0 Å². The van der Waals surface area contributed by atoms with E-state index < -0.39 is 11.4 Å². The first-order valence-corrected chi connectivity index (χ1v) is 7.11. The molecular formula is C16H18N2O3. The Labute approximate surface area is 123 Å². The zero-order valence-corrected chi connectivity index (χ0v) is 11.7. The molecule has 1 aliphatic rings. The van der Waals surface area contributed by atoms with E-state index in [0.717, 1.165) is 17.8 Å². The molecule has 1 aromatic carbocycles. The molecule has 1 saturated heterocycles. The van der Waals surface area contributed by atoms with Crippen molar-refractivity contribution in [2.45, 2.75) is 19.3 Å². The van der Waals surface area contributed by atoms with E-state index in [0.29, 0.717) is 19.4 Å². The fourth-order valence-corrected chi connectivity index (χ4v) is 2.76. The van der Waals surface area contributed by atoms with Gasteiger partial charge in [-0.2, -0.15) is 5.10 Å². The maximum Gasteiger partial charge on any atom is 0.312 e. The van der Waals surface area contributed by atoms with Crippen molar-refractivity contribution in [3.05, 3.63) is 48.3 Å². The van der Waals surface area contributed by atoms with Crippen molar-refractivity contribution >= 4 is 5.97 Å². The number of carbonyl (C=O) groups is 1. The number of carboxylic acid groups (broad SMARTS) is 1. The van der Waals surface area contributed by atoms with Crippen LogP contribution < -0.4 is 0 Å². The maximum absolute atomic E-state index is 11.6. The van der Waals surface area contributed by atoms with Gasteiger partial charge >= 0.3 is 5.97 Å². The number of rotatable bonds is 4. The third-order valence-electron chi connectivity index (χ3n) is 3.96. The molecule has 5 heteroatoms. The number of para-hydroxylation sites is 1. The number of ether oxygens (including phenoxy) is 1. The van der Waals surface area contributed by atoms with Crippen LogP contribution in [0.25, 0.3) is 5.69 Å². The van der Waals surface area contributed by atoms with Crippen LogP contribution in [-0.2, 0) is 16.0 Å². The summed E-state index contributed by atoms with van der Waals surface area (Å²) in [5, 5.41) is 14.1. The van der Waals surface area contributed by atoms with E-state index in [2.05, 4.69) is 5.10 Å². The van der Waals surface area contributed by atoms with Gasteiger partial charge in [0.25, 0.3) is 0 Å². The van der Waals surface area contributed by atoms with Crippen LogP contribution in [0, 0.1) is 5.41 Å². The zero-order chi connectivity index (χ0) is 14.7. The number of aromatic nitrogens is 2. The van der Waals surface area contributed by atoms with Gasteiger partial charge in [0, 0.05) is 19.2 Å². The molecule has 1 aliphatic heterocycles.